The highest BCUT2D eigenvalue weighted by atomic mass is 35.5. The highest BCUT2D eigenvalue weighted by molar-refractivity contribution is 8.15. The lowest BCUT2D eigenvalue weighted by molar-refractivity contribution is -0.121. The fourth-order valence-electron chi connectivity index (χ4n) is 4.62. The molecule has 38 heavy (non-hydrogen) atoms. The van der Waals surface area contributed by atoms with Crippen LogP contribution in [0.4, 0.5) is 5.69 Å². The van der Waals surface area contributed by atoms with Gasteiger partial charge in [0.25, 0.3) is 5.91 Å². The molecule has 194 valence electrons. The van der Waals surface area contributed by atoms with Crippen molar-refractivity contribution in [1.29, 1.82) is 0 Å². The monoisotopic (exact) mass is 546 g/mol. The minimum Gasteiger partial charge on any atom is -0.497 e. The number of hydrogen-bond donors (Lipinski definition) is 1. The van der Waals surface area contributed by atoms with Gasteiger partial charge in [0, 0.05) is 23.6 Å². The van der Waals surface area contributed by atoms with Crippen LogP contribution < -0.4 is 10.1 Å². The van der Waals surface area contributed by atoms with Crippen molar-refractivity contribution in [2.75, 3.05) is 12.4 Å². The Kier molecular flexibility index (Phi) is 7.53. The number of ether oxygens (including phenoxy) is 1. The predicted molar refractivity (Wildman–Crippen MR) is 153 cm³/mol. The van der Waals surface area contributed by atoms with E-state index in [2.05, 4.69) is 10.3 Å². The molecular weight excluding hydrogens is 520 g/mol. The van der Waals surface area contributed by atoms with Gasteiger partial charge < -0.3 is 10.1 Å². The van der Waals surface area contributed by atoms with Gasteiger partial charge in [-0.05, 0) is 84.6 Å². The Labute approximate surface area is 230 Å². The molecular formula is C29H27ClN4O3S. The average Bonchev–Trinajstić information content (AvgIpc) is 3.48. The van der Waals surface area contributed by atoms with E-state index >= 15 is 0 Å². The Balaban J connectivity index is 1.35. The summed E-state index contributed by atoms with van der Waals surface area (Å²) < 4.78 is 5.28. The van der Waals surface area contributed by atoms with E-state index in [4.69, 9.17) is 21.4 Å². The number of anilines is 1. The van der Waals surface area contributed by atoms with E-state index in [1.807, 2.05) is 80.6 Å². The summed E-state index contributed by atoms with van der Waals surface area (Å²) in [6.45, 7) is 3.96. The minimum atomic E-state index is -0.609. The maximum Gasteiger partial charge on any atom is 0.262 e. The Morgan fingerprint density at radius 3 is 2.42 bits per heavy atom. The molecule has 2 atom stereocenters. The summed E-state index contributed by atoms with van der Waals surface area (Å²) in [5, 5.41) is 10.1. The molecule has 0 saturated carbocycles. The van der Waals surface area contributed by atoms with Crippen molar-refractivity contribution < 1.29 is 14.3 Å². The van der Waals surface area contributed by atoms with Crippen molar-refractivity contribution in [3.8, 4) is 5.75 Å². The number of halogens is 1. The molecule has 0 aliphatic carbocycles. The first kappa shape index (κ1) is 26.0. The average molecular weight is 547 g/mol. The normalized spacial score (nSPS) is 18.8. The van der Waals surface area contributed by atoms with Gasteiger partial charge in [-0.3, -0.25) is 9.59 Å². The van der Waals surface area contributed by atoms with Gasteiger partial charge in [-0.1, -0.05) is 41.6 Å². The Morgan fingerprint density at radius 1 is 1.08 bits per heavy atom. The van der Waals surface area contributed by atoms with Crippen LogP contribution in [0.15, 0.2) is 76.8 Å². The van der Waals surface area contributed by atoms with E-state index in [1.54, 1.807) is 12.1 Å². The van der Waals surface area contributed by atoms with Crippen molar-refractivity contribution in [3.63, 3.8) is 0 Å². The fourth-order valence-corrected chi connectivity index (χ4v) is 5.81. The predicted octanol–water partition coefficient (Wildman–Crippen LogP) is 6.14. The molecule has 0 aromatic heterocycles. The van der Waals surface area contributed by atoms with Crippen LogP contribution in [-0.4, -0.2) is 40.1 Å². The van der Waals surface area contributed by atoms with E-state index in [9.17, 15) is 9.59 Å². The number of nitrogens with zero attached hydrogens (tertiary/aromatic N) is 3. The van der Waals surface area contributed by atoms with Crippen molar-refractivity contribution in [2.24, 2.45) is 10.1 Å². The Morgan fingerprint density at radius 2 is 1.76 bits per heavy atom. The summed E-state index contributed by atoms with van der Waals surface area (Å²) in [7, 11) is 1.63. The van der Waals surface area contributed by atoms with E-state index < -0.39 is 5.25 Å². The third-order valence-corrected chi connectivity index (χ3v) is 7.78. The molecule has 2 amide bonds. The van der Waals surface area contributed by atoms with Crippen LogP contribution in [0.3, 0.4) is 0 Å². The molecule has 1 N–H and O–H groups in total. The molecule has 3 aromatic carbocycles. The van der Waals surface area contributed by atoms with Gasteiger partial charge in [0.15, 0.2) is 5.17 Å². The summed E-state index contributed by atoms with van der Waals surface area (Å²) >= 11 is 7.41. The molecule has 9 heteroatoms. The molecule has 0 bridgehead atoms. The maximum absolute atomic E-state index is 12.9. The van der Waals surface area contributed by atoms with Crippen LogP contribution in [-0.2, 0) is 9.59 Å². The Bertz CT molecular complexity index is 1420. The number of amides is 2. The van der Waals surface area contributed by atoms with Crippen molar-refractivity contribution in [1.82, 2.24) is 5.01 Å². The first-order valence-electron chi connectivity index (χ1n) is 12.2. The van der Waals surface area contributed by atoms with Gasteiger partial charge in [0.1, 0.15) is 11.0 Å². The van der Waals surface area contributed by atoms with Gasteiger partial charge in [0.2, 0.25) is 5.91 Å². The second-order valence-electron chi connectivity index (χ2n) is 9.36. The van der Waals surface area contributed by atoms with Crippen LogP contribution in [0, 0.1) is 13.8 Å². The van der Waals surface area contributed by atoms with Crippen LogP contribution in [0.2, 0.25) is 5.02 Å². The molecule has 3 aromatic rings. The molecule has 5 rings (SSSR count). The quantitative estimate of drug-likeness (QED) is 0.401. The minimum absolute atomic E-state index is 0.0258. The van der Waals surface area contributed by atoms with Crippen LogP contribution in [0.1, 0.15) is 41.1 Å². The highest BCUT2D eigenvalue weighted by Crippen LogP contribution is 2.39. The van der Waals surface area contributed by atoms with Crippen molar-refractivity contribution in [3.05, 3.63) is 94.0 Å². The number of rotatable bonds is 6. The number of aliphatic imine (C=N–C) groups is 1. The third kappa shape index (κ3) is 5.76. The van der Waals surface area contributed by atoms with Gasteiger partial charge in [0.05, 0.1) is 18.9 Å². The topological polar surface area (TPSA) is 83.4 Å². The van der Waals surface area contributed by atoms with Gasteiger partial charge >= 0.3 is 0 Å². The molecule has 0 saturated heterocycles. The van der Waals surface area contributed by atoms with E-state index in [0.29, 0.717) is 16.6 Å². The SMILES string of the molecule is COc1ccc(C2=NN(C3=NC(=O)[C@@H](CC(=O)Nc4cc(C)cc(C)c4)S3)[C@H](c3ccc(Cl)cc3)C2)cc1. The molecule has 7 nitrogen and oxygen atoms in total. The summed E-state index contributed by atoms with van der Waals surface area (Å²) in [4.78, 5) is 30.0. The van der Waals surface area contributed by atoms with E-state index in [0.717, 1.165) is 39.4 Å². The first-order valence-corrected chi connectivity index (χ1v) is 13.5. The number of carbonyl (C=O) groups excluding carboxylic acids is 2. The zero-order chi connectivity index (χ0) is 26.8. The second kappa shape index (κ2) is 11.0. The number of hydrazone groups is 1. The standard InChI is InChI=1S/C29H27ClN4O3S/c1-17-12-18(2)14-22(13-17)31-27(35)16-26-28(36)32-29(38-26)34-25(20-4-8-21(30)9-5-20)15-24(33-34)19-6-10-23(37-3)11-7-19/h4-14,25-26H,15-16H2,1-3H3,(H,31,35)/t25-,26+/m0/s1. The van der Waals surface area contributed by atoms with Crippen molar-refractivity contribution >= 4 is 51.7 Å². The lowest BCUT2D eigenvalue weighted by Crippen LogP contribution is -2.25. The van der Waals surface area contributed by atoms with E-state index in [1.165, 1.54) is 11.8 Å². The first-order chi connectivity index (χ1) is 18.3. The smallest absolute Gasteiger partial charge is 0.262 e. The molecule has 0 radical (unpaired) electrons. The number of aryl methyl sites for hydroxylation is 2. The Hall–Kier alpha value is -3.62. The van der Waals surface area contributed by atoms with Gasteiger partial charge in [-0.25, -0.2) is 5.01 Å². The van der Waals surface area contributed by atoms with E-state index in [-0.39, 0.29) is 24.3 Å². The number of amidine groups is 1. The van der Waals surface area contributed by atoms with Crippen LogP contribution >= 0.6 is 23.4 Å². The summed E-state index contributed by atoms with van der Waals surface area (Å²) in [5.74, 6) is 0.209. The number of carbonyl (C=O) groups is 2. The summed E-state index contributed by atoms with van der Waals surface area (Å²) in [5.41, 5.74) is 5.69. The summed E-state index contributed by atoms with van der Waals surface area (Å²) in [6, 6.07) is 21.0. The van der Waals surface area contributed by atoms with Crippen LogP contribution in [0.5, 0.6) is 5.75 Å². The van der Waals surface area contributed by atoms with Gasteiger partial charge in [-0.2, -0.15) is 10.1 Å². The molecule has 2 aliphatic heterocycles. The molecule has 2 aliphatic rings. The van der Waals surface area contributed by atoms with Gasteiger partial charge in [-0.15, -0.1) is 0 Å². The largest absolute Gasteiger partial charge is 0.497 e. The number of hydrogen-bond acceptors (Lipinski definition) is 6. The zero-order valence-electron chi connectivity index (χ0n) is 21.3. The maximum atomic E-state index is 12.9. The lowest BCUT2D eigenvalue weighted by atomic mass is 9.98. The molecule has 0 fully saturated rings. The molecule has 0 spiro atoms. The number of methoxy groups -OCH3 is 1. The lowest BCUT2D eigenvalue weighted by Gasteiger charge is -2.23. The molecule has 0 unspecified atom stereocenters. The number of benzene rings is 3. The second-order valence-corrected chi connectivity index (χ2v) is 11.0. The highest BCUT2D eigenvalue weighted by Gasteiger charge is 2.39. The summed E-state index contributed by atoms with van der Waals surface area (Å²) in [6.07, 6.45) is 0.650. The van der Waals surface area contributed by atoms with Crippen LogP contribution in [0.25, 0.3) is 0 Å². The van der Waals surface area contributed by atoms with Crippen molar-refractivity contribution in [2.45, 2.75) is 38.0 Å². The number of thioether (sulfide) groups is 1. The zero-order valence-corrected chi connectivity index (χ0v) is 22.8. The fraction of sp³-hybridized carbons (Fsp3) is 0.241. The number of nitrogens with one attached hydrogen (secondary N) is 1. The third-order valence-electron chi connectivity index (χ3n) is 6.39. The molecule has 2 heterocycles.